The van der Waals surface area contributed by atoms with Gasteiger partial charge in [-0.1, -0.05) is 30.3 Å². The molecule has 0 aliphatic carbocycles. The summed E-state index contributed by atoms with van der Waals surface area (Å²) in [5.74, 6) is -0.679. The SMILES string of the molecule is O=C(CN1C(=O)S/C(=C\c2ccccc2)C1=O)NCCCN1CCCC1=O. The van der Waals surface area contributed by atoms with Crippen molar-refractivity contribution in [3.05, 3.63) is 40.8 Å². The molecule has 0 saturated carbocycles. The van der Waals surface area contributed by atoms with Gasteiger partial charge in [0.05, 0.1) is 4.91 Å². The molecule has 7 nitrogen and oxygen atoms in total. The Kier molecular flexibility index (Phi) is 6.28. The first-order valence-electron chi connectivity index (χ1n) is 8.89. The highest BCUT2D eigenvalue weighted by Crippen LogP contribution is 2.31. The molecule has 2 aliphatic heterocycles. The van der Waals surface area contributed by atoms with Gasteiger partial charge in [-0.25, -0.2) is 0 Å². The average Bonchev–Trinajstić information content (AvgIpc) is 3.18. The first-order chi connectivity index (χ1) is 13.0. The first kappa shape index (κ1) is 19.2. The van der Waals surface area contributed by atoms with Crippen LogP contribution in [0.15, 0.2) is 35.2 Å². The van der Waals surface area contributed by atoms with Crippen molar-refractivity contribution in [2.75, 3.05) is 26.2 Å². The van der Waals surface area contributed by atoms with E-state index < -0.39 is 11.1 Å². The van der Waals surface area contributed by atoms with Crippen LogP contribution in [-0.4, -0.2) is 58.9 Å². The van der Waals surface area contributed by atoms with E-state index in [1.807, 2.05) is 30.3 Å². The van der Waals surface area contributed by atoms with Gasteiger partial charge in [0.2, 0.25) is 11.8 Å². The number of benzene rings is 1. The summed E-state index contributed by atoms with van der Waals surface area (Å²) in [6.07, 6.45) is 3.78. The molecule has 27 heavy (non-hydrogen) atoms. The van der Waals surface area contributed by atoms with Crippen LogP contribution in [0.5, 0.6) is 0 Å². The van der Waals surface area contributed by atoms with Gasteiger partial charge in [0.1, 0.15) is 6.54 Å². The number of nitrogens with zero attached hydrogens (tertiary/aromatic N) is 2. The van der Waals surface area contributed by atoms with Gasteiger partial charge >= 0.3 is 0 Å². The smallest absolute Gasteiger partial charge is 0.294 e. The van der Waals surface area contributed by atoms with Crippen molar-refractivity contribution >= 4 is 40.8 Å². The number of rotatable bonds is 7. The summed E-state index contributed by atoms with van der Waals surface area (Å²) in [4.78, 5) is 51.1. The van der Waals surface area contributed by atoms with Crippen molar-refractivity contribution in [2.45, 2.75) is 19.3 Å². The molecule has 142 valence electrons. The molecule has 0 radical (unpaired) electrons. The Balaban J connectivity index is 1.46. The standard InChI is InChI=1S/C19H21N3O4S/c23-16(20-9-5-11-21-10-4-8-17(21)24)13-22-18(25)15(27-19(22)26)12-14-6-2-1-3-7-14/h1-3,6-7,12H,4-5,8-11,13H2,(H,20,23)/b15-12-. The lowest BCUT2D eigenvalue weighted by atomic mass is 10.2. The quantitative estimate of drug-likeness (QED) is 0.570. The van der Waals surface area contributed by atoms with Crippen molar-refractivity contribution in [1.29, 1.82) is 0 Å². The molecule has 4 amide bonds. The van der Waals surface area contributed by atoms with Crippen molar-refractivity contribution < 1.29 is 19.2 Å². The Labute approximate surface area is 161 Å². The number of imide groups is 1. The highest BCUT2D eigenvalue weighted by atomic mass is 32.2. The lowest BCUT2D eigenvalue weighted by molar-refractivity contribution is -0.129. The van der Waals surface area contributed by atoms with E-state index in [1.165, 1.54) is 0 Å². The summed E-state index contributed by atoms with van der Waals surface area (Å²) < 4.78 is 0. The van der Waals surface area contributed by atoms with E-state index in [2.05, 4.69) is 5.32 Å². The van der Waals surface area contributed by atoms with Gasteiger partial charge in [-0.3, -0.25) is 24.1 Å². The normalized spacial score (nSPS) is 18.7. The molecule has 2 heterocycles. The minimum absolute atomic E-state index is 0.157. The van der Waals surface area contributed by atoms with Gasteiger partial charge < -0.3 is 10.2 Å². The number of carbonyl (C=O) groups excluding carboxylic acids is 4. The van der Waals surface area contributed by atoms with Crippen LogP contribution in [0.2, 0.25) is 0 Å². The van der Waals surface area contributed by atoms with Crippen LogP contribution in [0, 0.1) is 0 Å². The third kappa shape index (κ3) is 4.97. The van der Waals surface area contributed by atoms with Gasteiger partial charge in [0.25, 0.3) is 11.1 Å². The zero-order chi connectivity index (χ0) is 19.2. The molecule has 0 bridgehead atoms. The lowest BCUT2D eigenvalue weighted by Crippen LogP contribution is -2.40. The van der Waals surface area contributed by atoms with Crippen molar-refractivity contribution in [1.82, 2.24) is 15.1 Å². The summed E-state index contributed by atoms with van der Waals surface area (Å²) in [7, 11) is 0. The third-order valence-electron chi connectivity index (χ3n) is 4.37. The van der Waals surface area contributed by atoms with Crippen molar-refractivity contribution in [3.63, 3.8) is 0 Å². The second-order valence-electron chi connectivity index (χ2n) is 6.37. The molecule has 1 aromatic carbocycles. The summed E-state index contributed by atoms with van der Waals surface area (Å²) in [5.41, 5.74) is 0.823. The van der Waals surface area contributed by atoms with E-state index in [9.17, 15) is 19.2 Å². The third-order valence-corrected chi connectivity index (χ3v) is 5.28. The maximum absolute atomic E-state index is 12.4. The fraction of sp³-hybridized carbons (Fsp3) is 0.368. The Hall–Kier alpha value is -2.61. The van der Waals surface area contributed by atoms with Gasteiger partial charge in [0, 0.05) is 26.1 Å². The van der Waals surface area contributed by atoms with E-state index >= 15 is 0 Å². The lowest BCUT2D eigenvalue weighted by Gasteiger charge is -2.16. The molecule has 1 aromatic rings. The topological polar surface area (TPSA) is 86.8 Å². The van der Waals surface area contributed by atoms with Gasteiger partial charge in [-0.05, 0) is 36.2 Å². The number of amides is 4. The van der Waals surface area contributed by atoms with Crippen LogP contribution >= 0.6 is 11.8 Å². The van der Waals surface area contributed by atoms with Crippen LogP contribution in [0.25, 0.3) is 6.08 Å². The monoisotopic (exact) mass is 387 g/mol. The second-order valence-corrected chi connectivity index (χ2v) is 7.36. The highest BCUT2D eigenvalue weighted by Gasteiger charge is 2.36. The Morgan fingerprint density at radius 1 is 1.19 bits per heavy atom. The van der Waals surface area contributed by atoms with Gasteiger partial charge in [0.15, 0.2) is 0 Å². The molecule has 0 aromatic heterocycles. The van der Waals surface area contributed by atoms with E-state index in [-0.39, 0.29) is 18.4 Å². The Bertz CT molecular complexity index is 778. The maximum atomic E-state index is 12.4. The zero-order valence-corrected chi connectivity index (χ0v) is 15.7. The number of hydrogen-bond acceptors (Lipinski definition) is 5. The molecule has 3 rings (SSSR count). The molecular weight excluding hydrogens is 366 g/mol. The van der Waals surface area contributed by atoms with E-state index in [0.717, 1.165) is 35.2 Å². The predicted octanol–water partition coefficient (Wildman–Crippen LogP) is 1.85. The summed E-state index contributed by atoms with van der Waals surface area (Å²) in [6, 6.07) is 9.24. The van der Waals surface area contributed by atoms with Crippen LogP contribution in [0.3, 0.4) is 0 Å². The molecule has 8 heteroatoms. The van der Waals surface area contributed by atoms with Gasteiger partial charge in [-0.2, -0.15) is 0 Å². The average molecular weight is 387 g/mol. The van der Waals surface area contributed by atoms with Crippen molar-refractivity contribution in [3.8, 4) is 0 Å². The summed E-state index contributed by atoms with van der Waals surface area (Å²) in [6.45, 7) is 1.50. The molecule has 0 spiro atoms. The molecule has 0 atom stereocenters. The minimum atomic E-state index is -0.452. The second kappa shape index (κ2) is 8.85. The largest absolute Gasteiger partial charge is 0.354 e. The van der Waals surface area contributed by atoms with E-state index in [1.54, 1.807) is 11.0 Å². The maximum Gasteiger partial charge on any atom is 0.294 e. The highest BCUT2D eigenvalue weighted by molar-refractivity contribution is 8.18. The van der Waals surface area contributed by atoms with Crippen LogP contribution in [0.4, 0.5) is 4.79 Å². The molecule has 2 aliphatic rings. The molecule has 0 unspecified atom stereocenters. The van der Waals surface area contributed by atoms with Crippen LogP contribution in [0.1, 0.15) is 24.8 Å². The summed E-state index contributed by atoms with van der Waals surface area (Å²) in [5, 5.41) is 2.26. The van der Waals surface area contributed by atoms with E-state index in [4.69, 9.17) is 0 Å². The molecule has 1 N–H and O–H groups in total. The minimum Gasteiger partial charge on any atom is -0.354 e. The summed E-state index contributed by atoms with van der Waals surface area (Å²) >= 11 is 0.838. The van der Waals surface area contributed by atoms with E-state index in [0.29, 0.717) is 30.8 Å². The number of carbonyl (C=O) groups is 4. The van der Waals surface area contributed by atoms with Crippen molar-refractivity contribution in [2.24, 2.45) is 0 Å². The fourth-order valence-electron chi connectivity index (χ4n) is 2.97. The number of hydrogen-bond donors (Lipinski definition) is 1. The Morgan fingerprint density at radius 3 is 2.67 bits per heavy atom. The number of thioether (sulfide) groups is 1. The molecule has 2 saturated heterocycles. The molecular formula is C19H21N3O4S. The Morgan fingerprint density at radius 2 is 1.96 bits per heavy atom. The molecule has 2 fully saturated rings. The van der Waals surface area contributed by atoms with Crippen LogP contribution in [-0.2, 0) is 14.4 Å². The number of likely N-dealkylation sites (tertiary alicyclic amines) is 1. The number of nitrogens with one attached hydrogen (secondary N) is 1. The zero-order valence-electron chi connectivity index (χ0n) is 14.8. The predicted molar refractivity (Wildman–Crippen MR) is 103 cm³/mol. The first-order valence-corrected chi connectivity index (χ1v) is 9.71. The fourth-order valence-corrected chi connectivity index (χ4v) is 3.81. The van der Waals surface area contributed by atoms with Gasteiger partial charge in [-0.15, -0.1) is 0 Å². The van der Waals surface area contributed by atoms with Crippen LogP contribution < -0.4 is 5.32 Å².